The molecule has 0 radical (unpaired) electrons. The molecule has 3 N–H and O–H groups in total. The highest BCUT2D eigenvalue weighted by Gasteiger charge is 2.25. The molecule has 0 aromatic heterocycles. The monoisotopic (exact) mass is 356 g/mol. The van der Waals surface area contributed by atoms with E-state index >= 15 is 0 Å². The number of ether oxygens (including phenoxy) is 1. The Labute approximate surface area is 142 Å². The number of aromatic carboxylic acids is 1. The average Bonchev–Trinajstić information content (AvgIpc) is 2.97. The van der Waals surface area contributed by atoms with Crippen molar-refractivity contribution in [2.75, 3.05) is 18.5 Å². The number of sulfonamides is 1. The third-order valence-electron chi connectivity index (χ3n) is 3.55. The van der Waals surface area contributed by atoms with Crippen LogP contribution in [0.15, 0.2) is 23.1 Å². The van der Waals surface area contributed by atoms with E-state index < -0.39 is 16.0 Å². The molecule has 0 spiro atoms. The molecule has 1 atom stereocenters. The summed E-state index contributed by atoms with van der Waals surface area (Å²) < 4.78 is 33.3. The van der Waals surface area contributed by atoms with Crippen LogP contribution in [-0.4, -0.2) is 44.3 Å². The Bertz CT molecular complexity index is 704. The summed E-state index contributed by atoms with van der Waals surface area (Å²) in [5.41, 5.74) is -0.0804. The highest BCUT2D eigenvalue weighted by molar-refractivity contribution is 7.89. The van der Waals surface area contributed by atoms with Crippen molar-refractivity contribution in [3.63, 3.8) is 0 Å². The van der Waals surface area contributed by atoms with Crippen LogP contribution in [0.5, 0.6) is 0 Å². The summed E-state index contributed by atoms with van der Waals surface area (Å²) in [6.45, 7) is 6.50. The van der Waals surface area contributed by atoms with Gasteiger partial charge in [-0.2, -0.15) is 0 Å². The summed E-state index contributed by atoms with van der Waals surface area (Å²) in [6, 6.07) is 4.04. The second kappa shape index (κ2) is 7.08. The Balaban J connectivity index is 2.32. The number of carboxylic acid groups (broad SMARTS) is 1. The number of benzene rings is 1. The summed E-state index contributed by atoms with van der Waals surface area (Å²) >= 11 is 0. The van der Waals surface area contributed by atoms with Crippen LogP contribution in [0.1, 0.15) is 44.0 Å². The van der Waals surface area contributed by atoms with Crippen molar-refractivity contribution in [1.82, 2.24) is 4.72 Å². The van der Waals surface area contributed by atoms with Crippen LogP contribution in [0.2, 0.25) is 0 Å². The van der Waals surface area contributed by atoms with Crippen LogP contribution >= 0.6 is 0 Å². The van der Waals surface area contributed by atoms with Gasteiger partial charge in [-0.3, -0.25) is 0 Å². The first kappa shape index (κ1) is 18.7. The normalized spacial score (nSPS) is 18.5. The molecule has 1 heterocycles. The van der Waals surface area contributed by atoms with E-state index in [2.05, 4.69) is 10.0 Å². The Kier molecular flexibility index (Phi) is 5.52. The van der Waals surface area contributed by atoms with E-state index in [0.717, 1.165) is 12.8 Å². The van der Waals surface area contributed by atoms with E-state index in [0.29, 0.717) is 12.3 Å². The summed E-state index contributed by atoms with van der Waals surface area (Å²) in [4.78, 5) is 11.1. The van der Waals surface area contributed by atoms with Crippen molar-refractivity contribution in [2.24, 2.45) is 0 Å². The zero-order valence-electron chi connectivity index (χ0n) is 14.1. The third kappa shape index (κ3) is 4.93. The number of nitrogens with one attached hydrogen (secondary N) is 2. The second-order valence-electron chi connectivity index (χ2n) is 6.88. The first-order chi connectivity index (χ1) is 11.1. The van der Waals surface area contributed by atoms with Gasteiger partial charge in [-0.1, -0.05) is 0 Å². The third-order valence-corrected chi connectivity index (χ3v) is 5.02. The lowest BCUT2D eigenvalue weighted by Crippen LogP contribution is -2.33. The highest BCUT2D eigenvalue weighted by atomic mass is 32.2. The quantitative estimate of drug-likeness (QED) is 0.720. The molecular weight excluding hydrogens is 332 g/mol. The molecule has 0 bridgehead atoms. The fourth-order valence-electron chi connectivity index (χ4n) is 2.47. The Morgan fingerprint density at radius 2 is 2.08 bits per heavy atom. The highest BCUT2D eigenvalue weighted by Crippen LogP contribution is 2.26. The Morgan fingerprint density at radius 3 is 2.62 bits per heavy atom. The second-order valence-corrected chi connectivity index (χ2v) is 8.61. The minimum absolute atomic E-state index is 0.0738. The fraction of sp³-hybridized carbons (Fsp3) is 0.562. The minimum Gasteiger partial charge on any atom is -0.478 e. The fourth-order valence-corrected chi connectivity index (χ4v) is 3.72. The van der Waals surface area contributed by atoms with E-state index in [4.69, 9.17) is 9.84 Å². The molecule has 1 saturated heterocycles. The summed E-state index contributed by atoms with van der Waals surface area (Å²) in [6.07, 6.45) is 1.59. The zero-order valence-corrected chi connectivity index (χ0v) is 14.9. The molecule has 0 amide bonds. The number of carbonyl (C=O) groups is 1. The number of hydrogen-bond donors (Lipinski definition) is 3. The van der Waals surface area contributed by atoms with Crippen molar-refractivity contribution in [1.29, 1.82) is 0 Å². The molecule has 7 nitrogen and oxygen atoms in total. The maximum Gasteiger partial charge on any atom is 0.335 e. The summed E-state index contributed by atoms with van der Waals surface area (Å²) in [7, 11) is -3.86. The van der Waals surface area contributed by atoms with Gasteiger partial charge in [-0.05, 0) is 51.8 Å². The molecule has 134 valence electrons. The van der Waals surface area contributed by atoms with Gasteiger partial charge >= 0.3 is 5.97 Å². The molecule has 1 aromatic carbocycles. The molecule has 1 aromatic rings. The molecule has 0 aliphatic carbocycles. The number of anilines is 1. The smallest absolute Gasteiger partial charge is 0.335 e. The van der Waals surface area contributed by atoms with Gasteiger partial charge in [0.05, 0.1) is 17.4 Å². The van der Waals surface area contributed by atoms with E-state index in [1.54, 1.807) is 0 Å². The van der Waals surface area contributed by atoms with E-state index in [1.807, 2.05) is 20.8 Å². The van der Waals surface area contributed by atoms with Crippen LogP contribution in [0, 0.1) is 0 Å². The average molecular weight is 356 g/mol. The van der Waals surface area contributed by atoms with Crippen LogP contribution in [-0.2, 0) is 14.8 Å². The maximum absolute atomic E-state index is 12.7. The number of rotatable bonds is 6. The summed E-state index contributed by atoms with van der Waals surface area (Å²) in [5.74, 6) is -1.17. The van der Waals surface area contributed by atoms with Crippen molar-refractivity contribution in [2.45, 2.75) is 50.2 Å². The van der Waals surface area contributed by atoms with Gasteiger partial charge in [0.25, 0.3) is 0 Å². The molecule has 0 unspecified atom stereocenters. The molecule has 0 saturated carbocycles. The maximum atomic E-state index is 12.7. The first-order valence-electron chi connectivity index (χ1n) is 7.85. The topological polar surface area (TPSA) is 105 Å². The van der Waals surface area contributed by atoms with Gasteiger partial charge < -0.3 is 15.2 Å². The predicted octanol–water partition coefficient (Wildman–Crippen LogP) is 2.05. The van der Waals surface area contributed by atoms with E-state index in [-0.39, 0.29) is 28.6 Å². The van der Waals surface area contributed by atoms with Gasteiger partial charge in [-0.25, -0.2) is 17.9 Å². The molecule has 8 heteroatoms. The van der Waals surface area contributed by atoms with Gasteiger partial charge in [0.2, 0.25) is 10.0 Å². The van der Waals surface area contributed by atoms with Crippen molar-refractivity contribution in [3.8, 4) is 0 Å². The largest absolute Gasteiger partial charge is 0.478 e. The molecule has 24 heavy (non-hydrogen) atoms. The first-order valence-corrected chi connectivity index (χ1v) is 9.33. The Hall–Kier alpha value is -1.64. The summed E-state index contributed by atoms with van der Waals surface area (Å²) in [5, 5.41) is 12.3. The molecule has 1 fully saturated rings. The van der Waals surface area contributed by atoms with Gasteiger partial charge in [0, 0.05) is 18.7 Å². The molecular formula is C16H24N2O5S. The minimum atomic E-state index is -3.86. The van der Waals surface area contributed by atoms with Crippen molar-refractivity contribution in [3.05, 3.63) is 23.8 Å². The Morgan fingerprint density at radius 1 is 1.38 bits per heavy atom. The van der Waals surface area contributed by atoms with E-state index in [1.165, 1.54) is 18.2 Å². The zero-order chi connectivity index (χ0) is 18.0. The number of hydrogen-bond acceptors (Lipinski definition) is 5. The van der Waals surface area contributed by atoms with Gasteiger partial charge in [0.15, 0.2) is 0 Å². The SMILES string of the molecule is CC(C)(C)Nc1ccc(C(=O)O)cc1S(=O)(=O)NC[C@@H]1CCCO1. The predicted molar refractivity (Wildman–Crippen MR) is 90.9 cm³/mol. The van der Waals surface area contributed by atoms with Crippen LogP contribution in [0.3, 0.4) is 0 Å². The molecule has 2 rings (SSSR count). The van der Waals surface area contributed by atoms with Gasteiger partial charge in [-0.15, -0.1) is 0 Å². The lowest BCUT2D eigenvalue weighted by Gasteiger charge is -2.24. The van der Waals surface area contributed by atoms with Crippen LogP contribution in [0.4, 0.5) is 5.69 Å². The van der Waals surface area contributed by atoms with Crippen LogP contribution in [0.25, 0.3) is 0 Å². The number of carboxylic acids is 1. The molecule has 1 aliphatic rings. The van der Waals surface area contributed by atoms with Gasteiger partial charge in [0.1, 0.15) is 4.90 Å². The standard InChI is InChI=1S/C16H24N2O5S/c1-16(2,3)18-13-7-6-11(15(19)20)9-14(13)24(21,22)17-10-12-5-4-8-23-12/h6-7,9,12,17-18H,4-5,8,10H2,1-3H3,(H,19,20)/t12-/m0/s1. The lowest BCUT2D eigenvalue weighted by atomic mass is 10.1. The van der Waals surface area contributed by atoms with Crippen LogP contribution < -0.4 is 10.0 Å². The van der Waals surface area contributed by atoms with Crippen molar-refractivity contribution >= 4 is 21.7 Å². The lowest BCUT2D eigenvalue weighted by molar-refractivity contribution is 0.0696. The van der Waals surface area contributed by atoms with Crippen molar-refractivity contribution < 1.29 is 23.1 Å². The molecule has 1 aliphatic heterocycles. The van der Waals surface area contributed by atoms with E-state index in [9.17, 15) is 13.2 Å².